The van der Waals surface area contributed by atoms with Gasteiger partial charge in [-0.1, -0.05) is 42.0 Å². The van der Waals surface area contributed by atoms with E-state index in [1.807, 2.05) is 35.2 Å². The van der Waals surface area contributed by atoms with Crippen LogP contribution in [0, 0.1) is 11.8 Å². The molecule has 2 aromatic rings. The summed E-state index contributed by atoms with van der Waals surface area (Å²) in [6.07, 6.45) is 8.77. The summed E-state index contributed by atoms with van der Waals surface area (Å²) in [5.41, 5.74) is 2.12. The Morgan fingerprint density at radius 2 is 1.97 bits per heavy atom. The third-order valence-corrected chi connectivity index (χ3v) is 9.80. The van der Waals surface area contributed by atoms with Crippen LogP contribution in [0.4, 0.5) is 0 Å². The summed E-state index contributed by atoms with van der Waals surface area (Å²) < 4.78 is 7.07. The number of hydrogen-bond donors (Lipinski definition) is 1. The predicted molar refractivity (Wildman–Crippen MR) is 151 cm³/mol. The van der Waals surface area contributed by atoms with E-state index in [0.29, 0.717) is 20.2 Å². The lowest BCUT2D eigenvalue weighted by molar-refractivity contribution is -0.124. The summed E-state index contributed by atoms with van der Waals surface area (Å²) in [6.45, 7) is 5.37. The first kappa shape index (κ1) is 24.7. The third-order valence-electron chi connectivity index (χ3n) is 8.22. The summed E-state index contributed by atoms with van der Waals surface area (Å²) in [6, 6.07) is 10.1. The fraction of sp³-hybridized carbons (Fsp3) is 0.500. The molecule has 190 valence electrons. The number of halogens is 1. The quantitative estimate of drug-likeness (QED) is 0.352. The molecule has 1 amide bonds. The van der Waals surface area contributed by atoms with Crippen molar-refractivity contribution in [2.45, 2.75) is 44.6 Å². The van der Waals surface area contributed by atoms with Crippen LogP contribution >= 0.6 is 35.6 Å². The molecule has 5 nitrogen and oxygen atoms in total. The van der Waals surface area contributed by atoms with E-state index in [2.05, 4.69) is 16.3 Å². The molecule has 1 aromatic carbocycles. The monoisotopic (exact) mass is 541 g/mol. The van der Waals surface area contributed by atoms with Crippen molar-refractivity contribution < 1.29 is 9.21 Å². The van der Waals surface area contributed by atoms with Gasteiger partial charge in [-0.25, -0.2) is 0 Å². The average Bonchev–Trinajstić information content (AvgIpc) is 3.66. The molecule has 6 rings (SSSR count). The van der Waals surface area contributed by atoms with Crippen LogP contribution in [0.5, 0.6) is 0 Å². The van der Waals surface area contributed by atoms with Crippen molar-refractivity contribution in [1.82, 2.24) is 15.1 Å². The highest BCUT2D eigenvalue weighted by Gasteiger charge is 2.48. The number of piperazine rings is 1. The van der Waals surface area contributed by atoms with Crippen LogP contribution < -0.4 is 5.32 Å². The summed E-state index contributed by atoms with van der Waals surface area (Å²) in [7, 11) is 0. The number of benzene rings is 1. The number of nitrogens with zero attached hydrogens (tertiary/aromatic N) is 2. The van der Waals surface area contributed by atoms with Gasteiger partial charge in [0, 0.05) is 48.9 Å². The molecule has 2 aliphatic carbocycles. The van der Waals surface area contributed by atoms with Crippen molar-refractivity contribution in [3.05, 3.63) is 51.6 Å². The first-order valence-electron chi connectivity index (χ1n) is 13.1. The number of carbonyl (C=O) groups excluding carboxylic acids is 1. The molecular formula is C28H32ClN3O2S2. The number of nitrogens with one attached hydrogen (secondary N) is 1. The lowest BCUT2D eigenvalue weighted by Crippen LogP contribution is -2.43. The zero-order chi connectivity index (χ0) is 24.6. The Morgan fingerprint density at radius 1 is 1.17 bits per heavy atom. The van der Waals surface area contributed by atoms with Crippen LogP contribution in [0.25, 0.3) is 17.4 Å². The number of rotatable bonds is 7. The Kier molecular flexibility index (Phi) is 7.28. The van der Waals surface area contributed by atoms with Gasteiger partial charge in [0.25, 0.3) is 5.91 Å². The molecule has 2 saturated heterocycles. The number of furan rings is 1. The largest absolute Gasteiger partial charge is 0.456 e. The Hall–Kier alpha value is -1.64. The van der Waals surface area contributed by atoms with Gasteiger partial charge < -0.3 is 14.6 Å². The maximum absolute atomic E-state index is 13.5. The van der Waals surface area contributed by atoms with E-state index < -0.39 is 0 Å². The van der Waals surface area contributed by atoms with Crippen LogP contribution in [-0.2, 0) is 11.2 Å². The van der Waals surface area contributed by atoms with E-state index in [0.717, 1.165) is 80.6 Å². The summed E-state index contributed by atoms with van der Waals surface area (Å²) in [4.78, 5) is 18.6. The van der Waals surface area contributed by atoms with Gasteiger partial charge in [0.1, 0.15) is 15.8 Å². The molecule has 3 unspecified atom stereocenters. The molecule has 2 saturated carbocycles. The van der Waals surface area contributed by atoms with Crippen molar-refractivity contribution in [3.63, 3.8) is 0 Å². The van der Waals surface area contributed by atoms with Crippen LogP contribution in [0.15, 0.2) is 39.7 Å². The molecule has 2 aliphatic heterocycles. The van der Waals surface area contributed by atoms with Crippen LogP contribution in [0.2, 0.25) is 5.02 Å². The van der Waals surface area contributed by atoms with E-state index in [1.165, 1.54) is 31.0 Å². The van der Waals surface area contributed by atoms with Gasteiger partial charge in [0.2, 0.25) is 0 Å². The number of thioether (sulfide) groups is 1. The zero-order valence-electron chi connectivity index (χ0n) is 20.4. The minimum atomic E-state index is 0.0544. The molecule has 4 aliphatic rings. The first-order valence-corrected chi connectivity index (χ1v) is 14.7. The lowest BCUT2D eigenvalue weighted by Gasteiger charge is -2.30. The number of aryl methyl sites for hydroxylation is 1. The third kappa shape index (κ3) is 5.05. The van der Waals surface area contributed by atoms with E-state index in [1.54, 1.807) is 0 Å². The SMILES string of the molecule is O=C1/C(=C\c2oc(-c3ccc(Cl)cc3)cc2CCCN2CCNCC2)SC(=S)N1C1CC2CCC1C2. The minimum absolute atomic E-state index is 0.0544. The fourth-order valence-electron chi connectivity index (χ4n) is 6.36. The normalized spacial score (nSPS) is 27.6. The van der Waals surface area contributed by atoms with Gasteiger partial charge in [-0.2, -0.15) is 0 Å². The maximum Gasteiger partial charge on any atom is 0.266 e. The van der Waals surface area contributed by atoms with Gasteiger partial charge in [0.15, 0.2) is 0 Å². The van der Waals surface area contributed by atoms with Crippen LogP contribution in [0.1, 0.15) is 43.4 Å². The molecular weight excluding hydrogens is 510 g/mol. The molecule has 1 aromatic heterocycles. The molecule has 2 bridgehead atoms. The number of amides is 1. The maximum atomic E-state index is 13.5. The van der Waals surface area contributed by atoms with E-state index in [-0.39, 0.29) is 11.9 Å². The molecule has 0 radical (unpaired) electrons. The highest BCUT2D eigenvalue weighted by atomic mass is 35.5. The average molecular weight is 542 g/mol. The second-order valence-corrected chi connectivity index (χ2v) is 12.6. The van der Waals surface area contributed by atoms with Gasteiger partial charge in [0.05, 0.1) is 4.91 Å². The van der Waals surface area contributed by atoms with Gasteiger partial charge in [-0.15, -0.1) is 0 Å². The molecule has 8 heteroatoms. The molecule has 36 heavy (non-hydrogen) atoms. The Bertz CT molecular complexity index is 1170. The van der Waals surface area contributed by atoms with Crippen molar-refractivity contribution in [2.75, 3.05) is 32.7 Å². The smallest absolute Gasteiger partial charge is 0.266 e. The molecule has 0 spiro atoms. The number of carbonyl (C=O) groups is 1. The number of thiocarbonyl (C=S) groups is 1. The highest BCUT2D eigenvalue weighted by Crippen LogP contribution is 2.49. The van der Waals surface area contributed by atoms with E-state index >= 15 is 0 Å². The van der Waals surface area contributed by atoms with E-state index in [9.17, 15) is 4.79 Å². The highest BCUT2D eigenvalue weighted by molar-refractivity contribution is 8.26. The molecule has 3 atom stereocenters. The number of hydrogen-bond acceptors (Lipinski definition) is 6. The van der Waals surface area contributed by atoms with Gasteiger partial charge >= 0.3 is 0 Å². The second kappa shape index (κ2) is 10.6. The van der Waals surface area contributed by atoms with Crippen molar-refractivity contribution in [1.29, 1.82) is 0 Å². The number of fused-ring (bicyclic) bond motifs is 2. The predicted octanol–water partition coefficient (Wildman–Crippen LogP) is 5.83. The van der Waals surface area contributed by atoms with Crippen molar-refractivity contribution in [3.8, 4) is 11.3 Å². The second-order valence-electron chi connectivity index (χ2n) is 10.5. The van der Waals surface area contributed by atoms with Crippen molar-refractivity contribution >= 4 is 51.9 Å². The molecule has 4 fully saturated rings. The van der Waals surface area contributed by atoms with Crippen LogP contribution in [-0.4, -0.2) is 58.8 Å². The first-order chi connectivity index (χ1) is 17.5. The summed E-state index contributed by atoms with van der Waals surface area (Å²) >= 11 is 13.2. The van der Waals surface area contributed by atoms with Gasteiger partial charge in [-0.05, 0) is 86.4 Å². The Balaban J connectivity index is 1.24. The summed E-state index contributed by atoms with van der Waals surface area (Å²) in [5, 5.41) is 4.12. The zero-order valence-corrected chi connectivity index (χ0v) is 22.8. The molecule has 3 heterocycles. The Morgan fingerprint density at radius 3 is 2.69 bits per heavy atom. The van der Waals surface area contributed by atoms with Crippen molar-refractivity contribution in [2.24, 2.45) is 11.8 Å². The molecule has 1 N–H and O–H groups in total. The Labute approximate surface area is 227 Å². The topological polar surface area (TPSA) is 48.7 Å². The summed E-state index contributed by atoms with van der Waals surface area (Å²) in [5.74, 6) is 3.01. The van der Waals surface area contributed by atoms with E-state index in [4.69, 9.17) is 28.2 Å². The lowest BCUT2D eigenvalue weighted by atomic mass is 9.94. The standard InChI is InChI=1S/C28H32ClN3O2S2/c29-22-7-5-19(6-8-22)24-16-21(2-1-11-31-12-9-30-10-13-31)25(34-24)17-26-27(33)32(28(35)36-26)23-15-18-3-4-20(23)14-18/h5-8,16-18,20,23,30H,1-4,9-15H2/b26-17+. The van der Waals surface area contributed by atoms with Gasteiger partial charge in [-0.3, -0.25) is 9.69 Å². The minimum Gasteiger partial charge on any atom is -0.456 e. The fourth-order valence-corrected chi connectivity index (χ4v) is 7.83. The van der Waals surface area contributed by atoms with Crippen LogP contribution in [0.3, 0.4) is 0 Å².